The van der Waals surface area contributed by atoms with Gasteiger partial charge >= 0.3 is 0 Å². The Kier molecular flexibility index (Phi) is 6.99. The molecule has 1 aromatic carbocycles. The van der Waals surface area contributed by atoms with Crippen LogP contribution in [0.4, 0.5) is 0 Å². The fraction of sp³-hybridized carbons (Fsp3) is 0.500. The Morgan fingerprint density at radius 2 is 1.77 bits per heavy atom. The van der Waals surface area contributed by atoms with Gasteiger partial charge in [-0.05, 0) is 30.5 Å². The van der Waals surface area contributed by atoms with Gasteiger partial charge in [0.25, 0.3) is 15.9 Å². The SMILES string of the molecule is COc1ccc(CNC(=O)c2cn(C)nc2S(=O)(=O)N2CCCCCC2)cc1OC. The van der Waals surface area contributed by atoms with E-state index in [1.807, 2.05) is 0 Å². The summed E-state index contributed by atoms with van der Waals surface area (Å²) in [7, 11) is 0.852. The summed E-state index contributed by atoms with van der Waals surface area (Å²) in [6, 6.07) is 5.32. The molecule has 0 spiro atoms. The van der Waals surface area contributed by atoms with Gasteiger partial charge in [-0.2, -0.15) is 9.40 Å². The molecular formula is C20H28N4O5S. The minimum Gasteiger partial charge on any atom is -0.493 e. The zero-order chi connectivity index (χ0) is 21.7. The molecule has 1 saturated heterocycles. The van der Waals surface area contributed by atoms with Crippen LogP contribution < -0.4 is 14.8 Å². The molecule has 1 fully saturated rings. The van der Waals surface area contributed by atoms with Crippen LogP contribution in [0.3, 0.4) is 0 Å². The minimum absolute atomic E-state index is 0.0437. The quantitative estimate of drug-likeness (QED) is 0.712. The Bertz CT molecular complexity index is 995. The van der Waals surface area contributed by atoms with Gasteiger partial charge < -0.3 is 14.8 Å². The number of rotatable bonds is 7. The first-order valence-electron chi connectivity index (χ1n) is 9.89. The van der Waals surface area contributed by atoms with Crippen molar-refractivity contribution in [2.45, 2.75) is 37.3 Å². The number of nitrogens with one attached hydrogen (secondary N) is 1. The average Bonchev–Trinajstić information content (AvgIpc) is 2.95. The maximum atomic E-state index is 13.1. The Hall–Kier alpha value is -2.59. The fourth-order valence-corrected chi connectivity index (χ4v) is 5.13. The van der Waals surface area contributed by atoms with E-state index < -0.39 is 15.9 Å². The number of nitrogens with zero attached hydrogens (tertiary/aromatic N) is 3. The molecule has 1 N–H and O–H groups in total. The zero-order valence-electron chi connectivity index (χ0n) is 17.6. The van der Waals surface area contributed by atoms with Gasteiger partial charge in [-0.25, -0.2) is 8.42 Å². The molecule has 0 bridgehead atoms. The van der Waals surface area contributed by atoms with E-state index in [9.17, 15) is 13.2 Å². The molecule has 2 aromatic rings. The van der Waals surface area contributed by atoms with E-state index in [1.54, 1.807) is 32.4 Å². The average molecular weight is 437 g/mol. The topological polar surface area (TPSA) is 103 Å². The summed E-state index contributed by atoms with van der Waals surface area (Å²) in [6.45, 7) is 1.11. The third-order valence-corrected chi connectivity index (χ3v) is 6.93. The lowest BCUT2D eigenvalue weighted by atomic mass is 10.2. The van der Waals surface area contributed by atoms with Crippen LogP contribution in [-0.2, 0) is 23.6 Å². The first-order chi connectivity index (χ1) is 14.4. The molecule has 1 aliphatic heterocycles. The Labute approximate surface area is 177 Å². The summed E-state index contributed by atoms with van der Waals surface area (Å²) in [4.78, 5) is 12.8. The van der Waals surface area contributed by atoms with Crippen molar-refractivity contribution in [2.75, 3.05) is 27.3 Å². The number of hydrogen-bond donors (Lipinski definition) is 1. The highest BCUT2D eigenvalue weighted by Crippen LogP contribution is 2.27. The highest BCUT2D eigenvalue weighted by molar-refractivity contribution is 7.89. The molecule has 9 nitrogen and oxygen atoms in total. The molecule has 1 amide bonds. The highest BCUT2D eigenvalue weighted by atomic mass is 32.2. The van der Waals surface area contributed by atoms with Gasteiger partial charge in [0.2, 0.25) is 5.03 Å². The molecule has 164 valence electrons. The van der Waals surface area contributed by atoms with Crippen molar-refractivity contribution in [3.8, 4) is 11.5 Å². The largest absolute Gasteiger partial charge is 0.493 e. The van der Waals surface area contributed by atoms with Crippen LogP contribution in [0.25, 0.3) is 0 Å². The number of carbonyl (C=O) groups excluding carboxylic acids is 1. The number of hydrogen-bond acceptors (Lipinski definition) is 6. The lowest BCUT2D eigenvalue weighted by Crippen LogP contribution is -2.34. The number of ether oxygens (including phenoxy) is 2. The second kappa shape index (κ2) is 9.48. The second-order valence-electron chi connectivity index (χ2n) is 7.21. The Balaban J connectivity index is 1.79. The molecule has 0 radical (unpaired) electrons. The third kappa shape index (κ3) is 4.76. The van der Waals surface area contributed by atoms with E-state index in [-0.39, 0.29) is 17.1 Å². The molecule has 0 aliphatic carbocycles. The van der Waals surface area contributed by atoms with Crippen LogP contribution in [0.2, 0.25) is 0 Å². The van der Waals surface area contributed by atoms with Crippen molar-refractivity contribution in [3.05, 3.63) is 35.5 Å². The Morgan fingerprint density at radius 1 is 1.10 bits per heavy atom. The summed E-state index contributed by atoms with van der Waals surface area (Å²) >= 11 is 0. The standard InChI is InChI=1S/C20H28N4O5S/c1-23-14-16(20(22-23)30(26,27)24-10-6-4-5-7-11-24)19(25)21-13-15-8-9-17(28-2)18(12-15)29-3/h8-9,12,14H,4-7,10-11,13H2,1-3H3,(H,21,25). The van der Waals surface area contributed by atoms with Crippen LogP contribution in [0.15, 0.2) is 29.4 Å². The molecule has 1 aromatic heterocycles. The van der Waals surface area contributed by atoms with Gasteiger partial charge in [0.15, 0.2) is 11.5 Å². The van der Waals surface area contributed by atoms with Crippen molar-refractivity contribution < 1.29 is 22.7 Å². The monoisotopic (exact) mass is 436 g/mol. The van der Waals surface area contributed by atoms with Crippen molar-refractivity contribution in [3.63, 3.8) is 0 Å². The summed E-state index contributed by atoms with van der Waals surface area (Å²) in [5, 5.41) is 6.68. The number of aryl methyl sites for hydroxylation is 1. The number of methoxy groups -OCH3 is 2. The van der Waals surface area contributed by atoms with Gasteiger partial charge in [0.05, 0.1) is 19.8 Å². The summed E-state index contributed by atoms with van der Waals surface area (Å²) < 4.78 is 39.6. The minimum atomic E-state index is -3.84. The fourth-order valence-electron chi connectivity index (χ4n) is 3.49. The van der Waals surface area contributed by atoms with Gasteiger partial charge in [0, 0.05) is 32.9 Å². The number of carbonyl (C=O) groups is 1. The van der Waals surface area contributed by atoms with Crippen molar-refractivity contribution >= 4 is 15.9 Å². The predicted molar refractivity (Wildman–Crippen MR) is 111 cm³/mol. The third-order valence-electron chi connectivity index (χ3n) is 5.09. The van der Waals surface area contributed by atoms with E-state index >= 15 is 0 Å². The van der Waals surface area contributed by atoms with E-state index in [1.165, 1.54) is 22.3 Å². The lowest BCUT2D eigenvalue weighted by Gasteiger charge is -2.19. The normalized spacial score (nSPS) is 15.4. The van der Waals surface area contributed by atoms with Crippen LogP contribution >= 0.6 is 0 Å². The van der Waals surface area contributed by atoms with Gasteiger partial charge in [0.1, 0.15) is 0 Å². The van der Waals surface area contributed by atoms with Crippen LogP contribution in [-0.4, -0.2) is 55.7 Å². The first-order valence-corrected chi connectivity index (χ1v) is 11.3. The Morgan fingerprint density at radius 3 is 2.40 bits per heavy atom. The smallest absolute Gasteiger partial charge is 0.263 e. The molecule has 0 unspecified atom stereocenters. The zero-order valence-corrected chi connectivity index (χ0v) is 18.4. The summed E-state index contributed by atoms with van der Waals surface area (Å²) in [5.41, 5.74) is 0.837. The predicted octanol–water partition coefficient (Wildman–Crippen LogP) is 1.93. The van der Waals surface area contributed by atoms with E-state index in [2.05, 4.69) is 10.4 Å². The van der Waals surface area contributed by atoms with E-state index in [0.717, 1.165) is 31.2 Å². The van der Waals surface area contributed by atoms with Crippen LogP contribution in [0, 0.1) is 0 Å². The molecular weight excluding hydrogens is 408 g/mol. The summed E-state index contributed by atoms with van der Waals surface area (Å²) in [5.74, 6) is 0.645. The van der Waals surface area contributed by atoms with Crippen molar-refractivity contribution in [2.24, 2.45) is 7.05 Å². The van der Waals surface area contributed by atoms with Crippen molar-refractivity contribution in [1.82, 2.24) is 19.4 Å². The molecule has 1 aliphatic rings. The van der Waals surface area contributed by atoms with Gasteiger partial charge in [-0.1, -0.05) is 18.9 Å². The van der Waals surface area contributed by atoms with E-state index in [0.29, 0.717) is 24.6 Å². The molecule has 10 heteroatoms. The molecule has 30 heavy (non-hydrogen) atoms. The van der Waals surface area contributed by atoms with Gasteiger partial charge in [-0.3, -0.25) is 9.48 Å². The van der Waals surface area contributed by atoms with Gasteiger partial charge in [-0.15, -0.1) is 0 Å². The maximum absolute atomic E-state index is 13.1. The maximum Gasteiger partial charge on any atom is 0.263 e. The number of sulfonamides is 1. The second-order valence-corrected chi connectivity index (χ2v) is 9.07. The summed E-state index contributed by atoms with van der Waals surface area (Å²) in [6.07, 6.45) is 5.08. The number of amides is 1. The van der Waals surface area contributed by atoms with Crippen LogP contribution in [0.5, 0.6) is 11.5 Å². The first kappa shape index (κ1) is 22.1. The molecule has 2 heterocycles. The highest BCUT2D eigenvalue weighted by Gasteiger charge is 2.32. The van der Waals surface area contributed by atoms with E-state index in [4.69, 9.17) is 9.47 Å². The number of benzene rings is 1. The molecule has 0 saturated carbocycles. The number of aromatic nitrogens is 2. The molecule has 3 rings (SSSR count). The molecule has 0 atom stereocenters. The van der Waals surface area contributed by atoms with Crippen LogP contribution in [0.1, 0.15) is 41.6 Å². The van der Waals surface area contributed by atoms with Crippen molar-refractivity contribution in [1.29, 1.82) is 0 Å². The lowest BCUT2D eigenvalue weighted by molar-refractivity contribution is 0.0947.